The lowest BCUT2D eigenvalue weighted by Crippen LogP contribution is -2.43. The molecule has 4 rings (SSSR count). The fourth-order valence-electron chi connectivity index (χ4n) is 3.50. The Morgan fingerprint density at radius 1 is 0.879 bits per heavy atom. The van der Waals surface area contributed by atoms with Crippen LogP contribution in [0.25, 0.3) is 10.9 Å². The predicted molar refractivity (Wildman–Crippen MR) is 121 cm³/mol. The van der Waals surface area contributed by atoms with Crippen LogP contribution in [0, 0.1) is 5.82 Å². The third-order valence-corrected chi connectivity index (χ3v) is 5.24. The third-order valence-electron chi connectivity index (χ3n) is 5.24. The Kier molecular flexibility index (Phi) is 6.59. The number of para-hydroxylation sites is 1. The molecule has 0 aliphatic rings. The lowest BCUT2D eigenvalue weighted by Gasteiger charge is -2.17. The zero-order valence-electron chi connectivity index (χ0n) is 17.6. The molecule has 6 nitrogen and oxygen atoms in total. The second kappa shape index (κ2) is 9.91. The number of esters is 1. The van der Waals surface area contributed by atoms with Gasteiger partial charge in [0.2, 0.25) is 0 Å². The van der Waals surface area contributed by atoms with Crippen molar-refractivity contribution in [1.29, 1.82) is 0 Å². The molecule has 0 aliphatic heterocycles. The standard InChI is InChI=1S/C26H21FN2O4/c27-20-12-10-18(11-13-20)25(31)29-23(14-19-15-28-22-9-5-4-8-21(19)22)26(32)33-16-24(30)17-6-2-1-3-7-17/h1-13,15,23,28H,14,16H2,(H,29,31). The van der Waals surface area contributed by atoms with Crippen molar-refractivity contribution in [2.24, 2.45) is 0 Å². The number of hydrogen-bond donors (Lipinski definition) is 2. The van der Waals surface area contributed by atoms with E-state index >= 15 is 0 Å². The molecule has 2 N–H and O–H groups in total. The number of aromatic nitrogens is 1. The van der Waals surface area contributed by atoms with Gasteiger partial charge in [-0.05, 0) is 35.9 Å². The summed E-state index contributed by atoms with van der Waals surface area (Å²) in [5, 5.41) is 3.57. The summed E-state index contributed by atoms with van der Waals surface area (Å²) in [4.78, 5) is 41.1. The number of amides is 1. The summed E-state index contributed by atoms with van der Waals surface area (Å²) in [6.07, 6.45) is 1.92. The monoisotopic (exact) mass is 444 g/mol. The third kappa shape index (κ3) is 5.33. The first kappa shape index (κ1) is 22.0. The van der Waals surface area contributed by atoms with Crippen LogP contribution in [0.1, 0.15) is 26.3 Å². The smallest absolute Gasteiger partial charge is 0.329 e. The summed E-state index contributed by atoms with van der Waals surface area (Å²) >= 11 is 0. The number of hydrogen-bond acceptors (Lipinski definition) is 4. The number of ether oxygens (including phenoxy) is 1. The van der Waals surface area contributed by atoms with E-state index in [0.29, 0.717) is 5.56 Å². The number of aromatic amines is 1. The van der Waals surface area contributed by atoms with Gasteiger partial charge in [-0.3, -0.25) is 9.59 Å². The number of nitrogens with one attached hydrogen (secondary N) is 2. The molecular formula is C26H21FN2O4. The normalized spacial score (nSPS) is 11.7. The highest BCUT2D eigenvalue weighted by Gasteiger charge is 2.25. The summed E-state index contributed by atoms with van der Waals surface area (Å²) in [7, 11) is 0. The first-order valence-corrected chi connectivity index (χ1v) is 10.4. The van der Waals surface area contributed by atoms with Gasteiger partial charge in [0, 0.05) is 34.6 Å². The van der Waals surface area contributed by atoms with Crippen LogP contribution in [0.15, 0.2) is 85.1 Å². The molecular weight excluding hydrogens is 423 g/mol. The van der Waals surface area contributed by atoms with Gasteiger partial charge in [-0.15, -0.1) is 0 Å². The Labute approximate surface area is 189 Å². The number of Topliss-reactive ketones (excluding diaryl/α,β-unsaturated/α-hetero) is 1. The van der Waals surface area contributed by atoms with Crippen LogP contribution in [0.4, 0.5) is 4.39 Å². The van der Waals surface area contributed by atoms with Crippen LogP contribution in [0.3, 0.4) is 0 Å². The summed E-state index contributed by atoms with van der Waals surface area (Å²) < 4.78 is 18.5. The molecule has 0 spiro atoms. The van der Waals surface area contributed by atoms with Gasteiger partial charge in [0.05, 0.1) is 0 Å². The summed E-state index contributed by atoms with van der Waals surface area (Å²) in [5.74, 6) is -2.11. The Morgan fingerprint density at radius 3 is 2.33 bits per heavy atom. The largest absolute Gasteiger partial charge is 0.456 e. The molecule has 33 heavy (non-hydrogen) atoms. The van der Waals surface area contributed by atoms with Crippen LogP contribution in [-0.2, 0) is 16.0 Å². The quantitative estimate of drug-likeness (QED) is 0.317. The molecule has 0 radical (unpaired) electrons. The van der Waals surface area contributed by atoms with E-state index in [1.807, 2.05) is 24.3 Å². The van der Waals surface area contributed by atoms with Crippen molar-refractivity contribution in [3.8, 4) is 0 Å². The van der Waals surface area contributed by atoms with Gasteiger partial charge >= 0.3 is 5.97 Å². The molecule has 3 aromatic carbocycles. The number of rotatable bonds is 8. The van der Waals surface area contributed by atoms with Gasteiger partial charge < -0.3 is 15.0 Å². The Morgan fingerprint density at radius 2 is 1.58 bits per heavy atom. The number of carbonyl (C=O) groups excluding carboxylic acids is 3. The maximum Gasteiger partial charge on any atom is 0.329 e. The minimum Gasteiger partial charge on any atom is -0.456 e. The fraction of sp³-hybridized carbons (Fsp3) is 0.115. The minimum absolute atomic E-state index is 0.148. The van der Waals surface area contributed by atoms with E-state index in [0.717, 1.165) is 16.5 Å². The molecule has 1 atom stereocenters. The van der Waals surface area contributed by atoms with Gasteiger partial charge in [-0.1, -0.05) is 48.5 Å². The zero-order chi connectivity index (χ0) is 23.2. The zero-order valence-corrected chi connectivity index (χ0v) is 17.6. The van der Waals surface area contributed by atoms with Gasteiger partial charge in [-0.25, -0.2) is 9.18 Å². The van der Waals surface area contributed by atoms with Gasteiger partial charge in [-0.2, -0.15) is 0 Å². The van der Waals surface area contributed by atoms with E-state index in [2.05, 4.69) is 10.3 Å². The number of carbonyl (C=O) groups is 3. The number of fused-ring (bicyclic) bond motifs is 1. The van der Waals surface area contributed by atoms with Crippen molar-refractivity contribution in [3.63, 3.8) is 0 Å². The highest BCUT2D eigenvalue weighted by atomic mass is 19.1. The molecule has 166 valence electrons. The molecule has 1 unspecified atom stereocenters. The number of ketones is 1. The van der Waals surface area contributed by atoms with Gasteiger partial charge in [0.1, 0.15) is 11.9 Å². The van der Waals surface area contributed by atoms with Gasteiger partial charge in [0.25, 0.3) is 5.91 Å². The van der Waals surface area contributed by atoms with Crippen molar-refractivity contribution in [2.45, 2.75) is 12.5 Å². The lowest BCUT2D eigenvalue weighted by atomic mass is 10.0. The fourth-order valence-corrected chi connectivity index (χ4v) is 3.50. The second-order valence-electron chi connectivity index (χ2n) is 7.49. The van der Waals surface area contributed by atoms with E-state index in [4.69, 9.17) is 4.74 Å². The lowest BCUT2D eigenvalue weighted by molar-refractivity contribution is -0.144. The highest BCUT2D eigenvalue weighted by Crippen LogP contribution is 2.20. The van der Waals surface area contributed by atoms with Crippen LogP contribution in [-0.4, -0.2) is 35.3 Å². The average Bonchev–Trinajstić information content (AvgIpc) is 3.25. The van der Waals surface area contributed by atoms with E-state index in [-0.39, 0.29) is 17.8 Å². The second-order valence-corrected chi connectivity index (χ2v) is 7.49. The van der Waals surface area contributed by atoms with Gasteiger partial charge in [0.15, 0.2) is 12.4 Å². The number of halogens is 1. The molecule has 1 amide bonds. The highest BCUT2D eigenvalue weighted by molar-refractivity contribution is 5.99. The molecule has 1 aromatic heterocycles. The van der Waals surface area contributed by atoms with E-state index in [1.54, 1.807) is 36.5 Å². The summed E-state index contributed by atoms with van der Waals surface area (Å²) in [6.45, 7) is -0.445. The van der Waals surface area contributed by atoms with Crippen molar-refractivity contribution >= 4 is 28.6 Å². The van der Waals surface area contributed by atoms with Crippen molar-refractivity contribution in [3.05, 3.63) is 108 Å². The molecule has 0 saturated heterocycles. The predicted octanol–water partition coefficient (Wildman–Crippen LogP) is 4.07. The minimum atomic E-state index is -1.05. The molecule has 1 heterocycles. The van der Waals surface area contributed by atoms with E-state index in [1.165, 1.54) is 24.3 Å². The first-order valence-electron chi connectivity index (χ1n) is 10.4. The van der Waals surface area contributed by atoms with Crippen molar-refractivity contribution < 1.29 is 23.5 Å². The first-order chi connectivity index (χ1) is 16.0. The Hall–Kier alpha value is -4.26. The van der Waals surface area contributed by atoms with Crippen LogP contribution < -0.4 is 5.32 Å². The molecule has 0 aliphatic carbocycles. The number of benzene rings is 3. The van der Waals surface area contributed by atoms with Crippen molar-refractivity contribution in [2.75, 3.05) is 6.61 Å². The summed E-state index contributed by atoms with van der Waals surface area (Å²) in [6, 6.07) is 20.0. The molecule has 7 heteroatoms. The average molecular weight is 444 g/mol. The molecule has 4 aromatic rings. The van der Waals surface area contributed by atoms with Crippen molar-refractivity contribution in [1.82, 2.24) is 10.3 Å². The molecule has 0 saturated carbocycles. The Balaban J connectivity index is 1.52. The Bertz CT molecular complexity index is 1280. The van der Waals surface area contributed by atoms with E-state index < -0.39 is 30.3 Å². The van der Waals surface area contributed by atoms with Crippen LogP contribution >= 0.6 is 0 Å². The SMILES string of the molecule is O=C(COC(=O)C(Cc1c[nH]c2ccccc12)NC(=O)c1ccc(F)cc1)c1ccccc1. The summed E-state index contributed by atoms with van der Waals surface area (Å²) in [5.41, 5.74) is 2.33. The van der Waals surface area contributed by atoms with E-state index in [9.17, 15) is 18.8 Å². The maximum absolute atomic E-state index is 13.2. The maximum atomic E-state index is 13.2. The van der Waals surface area contributed by atoms with Crippen LogP contribution in [0.2, 0.25) is 0 Å². The van der Waals surface area contributed by atoms with Crippen LogP contribution in [0.5, 0.6) is 0 Å². The number of H-pyrrole nitrogens is 1. The molecule has 0 fully saturated rings. The molecule has 0 bridgehead atoms. The topological polar surface area (TPSA) is 88.3 Å².